The Labute approximate surface area is 98.8 Å². The Hall–Kier alpha value is -1.24. The van der Waals surface area contributed by atoms with Crippen LogP contribution in [-0.4, -0.2) is 17.5 Å². The molecule has 1 aliphatic rings. The van der Waals surface area contributed by atoms with Crippen LogP contribution in [0, 0.1) is 0 Å². The number of allylic oxidation sites excluding steroid dienone is 1. The van der Waals surface area contributed by atoms with Gasteiger partial charge in [-0.15, -0.1) is 0 Å². The van der Waals surface area contributed by atoms with E-state index < -0.39 is 0 Å². The summed E-state index contributed by atoms with van der Waals surface area (Å²) in [6.07, 6.45) is 6.39. The molecule has 0 radical (unpaired) electrons. The Bertz CT molecular complexity index is 353. The van der Waals surface area contributed by atoms with Gasteiger partial charge >= 0.3 is 0 Å². The summed E-state index contributed by atoms with van der Waals surface area (Å²) in [4.78, 5) is 2.49. The van der Waals surface area contributed by atoms with Crippen LogP contribution in [0.3, 0.4) is 0 Å². The highest BCUT2D eigenvalue weighted by Gasteiger charge is 2.15. The normalized spacial score (nSPS) is 22.2. The molecule has 1 fully saturated rings. The fraction of sp³-hybridized carbons (Fsp3) is 0.467. The number of hydrogen-bond acceptors (Lipinski definition) is 1. The third-order valence-corrected chi connectivity index (χ3v) is 3.44. The van der Waals surface area contributed by atoms with E-state index in [9.17, 15) is 0 Å². The summed E-state index contributed by atoms with van der Waals surface area (Å²) in [5.41, 5.74) is 2.70. The van der Waals surface area contributed by atoms with Gasteiger partial charge in [-0.25, -0.2) is 0 Å². The van der Waals surface area contributed by atoms with Crippen LogP contribution in [0.4, 0.5) is 0 Å². The molecule has 0 spiro atoms. The van der Waals surface area contributed by atoms with E-state index in [1.54, 1.807) is 0 Å². The molecule has 1 heterocycles. The molecule has 0 aromatic heterocycles. The maximum Gasteiger partial charge on any atom is 0.0256 e. The maximum atomic E-state index is 2.49. The molecule has 1 nitrogen and oxygen atoms in total. The number of piperidine rings is 1. The zero-order chi connectivity index (χ0) is 11.4. The zero-order valence-corrected chi connectivity index (χ0v) is 10.3. The second-order valence-corrected chi connectivity index (χ2v) is 4.76. The van der Waals surface area contributed by atoms with Crippen molar-refractivity contribution in [1.29, 1.82) is 0 Å². The Balaban J connectivity index is 2.11. The molecule has 0 aliphatic carbocycles. The molecule has 1 heteroatoms. The number of hydrogen-bond donors (Lipinski definition) is 0. The molecule has 0 saturated carbocycles. The van der Waals surface area contributed by atoms with Crippen molar-refractivity contribution in [3.05, 3.63) is 42.1 Å². The second kappa shape index (κ2) is 5.20. The van der Waals surface area contributed by atoms with E-state index in [0.717, 1.165) is 0 Å². The molecule has 0 N–H and O–H groups in total. The van der Waals surface area contributed by atoms with Gasteiger partial charge in [-0.2, -0.15) is 0 Å². The molecule has 0 bridgehead atoms. The van der Waals surface area contributed by atoms with Gasteiger partial charge in [-0.1, -0.05) is 30.3 Å². The highest BCUT2D eigenvalue weighted by atomic mass is 15.1. The lowest BCUT2D eigenvalue weighted by Crippen LogP contribution is -2.33. The van der Waals surface area contributed by atoms with Crippen LogP contribution in [0.2, 0.25) is 0 Å². The van der Waals surface area contributed by atoms with E-state index >= 15 is 0 Å². The molecule has 1 aromatic rings. The molecular formula is C15H21N. The summed E-state index contributed by atoms with van der Waals surface area (Å²) < 4.78 is 0. The summed E-state index contributed by atoms with van der Waals surface area (Å²) in [6.45, 7) is 5.75. The van der Waals surface area contributed by atoms with Crippen molar-refractivity contribution in [3.8, 4) is 0 Å². The van der Waals surface area contributed by atoms with E-state index in [-0.39, 0.29) is 0 Å². The molecule has 0 amide bonds. The first-order valence-electron chi connectivity index (χ1n) is 6.27. The van der Waals surface area contributed by atoms with Gasteiger partial charge < -0.3 is 4.90 Å². The molecule has 1 saturated heterocycles. The zero-order valence-electron chi connectivity index (χ0n) is 10.3. The summed E-state index contributed by atoms with van der Waals surface area (Å²) >= 11 is 0. The first-order chi connectivity index (χ1) is 7.77. The predicted molar refractivity (Wildman–Crippen MR) is 70.1 cm³/mol. The van der Waals surface area contributed by atoms with Crippen LogP contribution in [0.5, 0.6) is 0 Å². The van der Waals surface area contributed by atoms with E-state index in [1.807, 2.05) is 0 Å². The highest BCUT2D eigenvalue weighted by molar-refractivity contribution is 5.63. The Morgan fingerprint density at radius 1 is 1.25 bits per heavy atom. The third kappa shape index (κ3) is 2.66. The molecule has 1 atom stereocenters. The minimum atomic E-state index is 0.701. The van der Waals surface area contributed by atoms with Gasteiger partial charge in [0.05, 0.1) is 0 Å². The van der Waals surface area contributed by atoms with Crippen LogP contribution >= 0.6 is 0 Å². The van der Waals surface area contributed by atoms with Gasteiger partial charge in [-0.3, -0.25) is 0 Å². The van der Waals surface area contributed by atoms with Crippen LogP contribution < -0.4 is 0 Å². The van der Waals surface area contributed by atoms with Crippen molar-refractivity contribution in [2.75, 3.05) is 6.54 Å². The Morgan fingerprint density at radius 3 is 2.69 bits per heavy atom. The standard InChI is InChI=1S/C15H21N/c1-13(15-9-4-3-5-10-15)12-16-11-7-6-8-14(16)2/h3-5,9-10,12,14H,6-8,11H2,1-2H3. The fourth-order valence-corrected chi connectivity index (χ4v) is 2.34. The SMILES string of the molecule is CC(=CN1CCCCC1C)c1ccccc1. The van der Waals surface area contributed by atoms with Crippen molar-refractivity contribution in [3.63, 3.8) is 0 Å². The fourth-order valence-electron chi connectivity index (χ4n) is 2.34. The summed E-state index contributed by atoms with van der Waals surface area (Å²) in [7, 11) is 0. The number of benzene rings is 1. The summed E-state index contributed by atoms with van der Waals surface area (Å²) in [5, 5.41) is 0. The molecule has 1 aliphatic heterocycles. The lowest BCUT2D eigenvalue weighted by molar-refractivity contribution is 0.229. The molecular weight excluding hydrogens is 194 g/mol. The van der Waals surface area contributed by atoms with E-state index in [4.69, 9.17) is 0 Å². The summed E-state index contributed by atoms with van der Waals surface area (Å²) in [5.74, 6) is 0. The highest BCUT2D eigenvalue weighted by Crippen LogP contribution is 2.20. The van der Waals surface area contributed by atoms with Crippen molar-refractivity contribution in [1.82, 2.24) is 4.90 Å². The number of likely N-dealkylation sites (tertiary alicyclic amines) is 1. The lowest BCUT2D eigenvalue weighted by atomic mass is 10.0. The van der Waals surface area contributed by atoms with E-state index in [1.165, 1.54) is 36.9 Å². The molecule has 1 unspecified atom stereocenters. The minimum Gasteiger partial charge on any atom is -0.374 e. The molecule has 16 heavy (non-hydrogen) atoms. The van der Waals surface area contributed by atoms with Crippen molar-refractivity contribution in [2.24, 2.45) is 0 Å². The van der Waals surface area contributed by atoms with Gasteiger partial charge in [-0.05, 0) is 44.2 Å². The molecule has 86 valence electrons. The van der Waals surface area contributed by atoms with Crippen LogP contribution in [0.1, 0.15) is 38.7 Å². The smallest absolute Gasteiger partial charge is 0.0256 e. The van der Waals surface area contributed by atoms with Gasteiger partial charge in [0.2, 0.25) is 0 Å². The van der Waals surface area contributed by atoms with Crippen molar-refractivity contribution < 1.29 is 0 Å². The second-order valence-electron chi connectivity index (χ2n) is 4.76. The number of rotatable bonds is 2. The van der Waals surface area contributed by atoms with Gasteiger partial charge in [0.25, 0.3) is 0 Å². The van der Waals surface area contributed by atoms with Gasteiger partial charge in [0.1, 0.15) is 0 Å². The van der Waals surface area contributed by atoms with Crippen LogP contribution in [-0.2, 0) is 0 Å². The van der Waals surface area contributed by atoms with Gasteiger partial charge in [0.15, 0.2) is 0 Å². The quantitative estimate of drug-likeness (QED) is 0.722. The lowest BCUT2D eigenvalue weighted by Gasteiger charge is -2.33. The largest absolute Gasteiger partial charge is 0.374 e. The van der Waals surface area contributed by atoms with Crippen molar-refractivity contribution in [2.45, 2.75) is 39.2 Å². The molecule has 2 rings (SSSR count). The topological polar surface area (TPSA) is 3.24 Å². The minimum absolute atomic E-state index is 0.701. The molecule has 1 aromatic carbocycles. The van der Waals surface area contributed by atoms with Gasteiger partial charge in [0, 0.05) is 18.8 Å². The van der Waals surface area contributed by atoms with Crippen LogP contribution in [0.25, 0.3) is 5.57 Å². The average molecular weight is 215 g/mol. The monoisotopic (exact) mass is 215 g/mol. The van der Waals surface area contributed by atoms with Crippen molar-refractivity contribution >= 4 is 5.57 Å². The number of nitrogens with zero attached hydrogens (tertiary/aromatic N) is 1. The first kappa shape index (κ1) is 11.3. The Kier molecular flexibility index (Phi) is 3.66. The Morgan fingerprint density at radius 2 is 2.00 bits per heavy atom. The van der Waals surface area contributed by atoms with E-state index in [0.29, 0.717) is 6.04 Å². The van der Waals surface area contributed by atoms with E-state index in [2.05, 4.69) is 55.3 Å². The average Bonchev–Trinajstić information content (AvgIpc) is 2.33. The maximum absolute atomic E-state index is 2.49. The third-order valence-electron chi connectivity index (χ3n) is 3.44. The summed E-state index contributed by atoms with van der Waals surface area (Å²) in [6, 6.07) is 11.3. The van der Waals surface area contributed by atoms with Crippen LogP contribution in [0.15, 0.2) is 36.5 Å². The predicted octanol–water partition coefficient (Wildman–Crippen LogP) is 3.92. The first-order valence-corrected chi connectivity index (χ1v) is 6.27.